The summed E-state index contributed by atoms with van der Waals surface area (Å²) in [4.78, 5) is 14.1. The molecule has 0 radical (unpaired) electrons. The smallest absolute Gasteiger partial charge is 0.322 e. The van der Waals surface area contributed by atoms with Gasteiger partial charge in [-0.1, -0.05) is 17.7 Å². The van der Waals surface area contributed by atoms with Gasteiger partial charge in [-0.3, -0.25) is 0 Å². The van der Waals surface area contributed by atoms with Gasteiger partial charge < -0.3 is 10.2 Å². The van der Waals surface area contributed by atoms with E-state index in [0.29, 0.717) is 11.1 Å². The fourth-order valence-electron chi connectivity index (χ4n) is 2.32. The molecule has 0 unspecified atom stereocenters. The first-order chi connectivity index (χ1) is 8.58. The Kier molecular flexibility index (Phi) is 4.12. The second-order valence-corrected chi connectivity index (χ2v) is 5.36. The number of halogens is 1. The lowest BCUT2D eigenvalue weighted by atomic mass is 10.0. The molecule has 1 fully saturated rings. The maximum absolute atomic E-state index is 12.2. The number of nitrogens with zero attached hydrogens (tertiary/aromatic N) is 1. The van der Waals surface area contributed by atoms with Crippen molar-refractivity contribution in [3.05, 3.63) is 28.8 Å². The van der Waals surface area contributed by atoms with Crippen LogP contribution in [-0.2, 0) is 0 Å². The van der Waals surface area contributed by atoms with Gasteiger partial charge in [-0.15, -0.1) is 0 Å². The first-order valence-corrected chi connectivity index (χ1v) is 6.79. The van der Waals surface area contributed by atoms with Crippen LogP contribution in [0.3, 0.4) is 0 Å². The standard InChI is InChI=1S/C14H19ClN2O/c1-10-6-7-12(15)9-13(10)16-14(18)17-8-4-3-5-11(17)2/h6-7,9,11H,3-5,8H2,1-2H3,(H,16,18)/t11-/m0/s1. The molecule has 2 rings (SSSR count). The Bertz CT molecular complexity index is 447. The van der Waals surface area contributed by atoms with Crippen molar-refractivity contribution in [3.63, 3.8) is 0 Å². The van der Waals surface area contributed by atoms with E-state index in [-0.39, 0.29) is 6.03 Å². The fraction of sp³-hybridized carbons (Fsp3) is 0.500. The van der Waals surface area contributed by atoms with Crippen molar-refractivity contribution in [1.29, 1.82) is 0 Å². The molecule has 0 aromatic heterocycles. The highest BCUT2D eigenvalue weighted by Gasteiger charge is 2.23. The van der Waals surface area contributed by atoms with Crippen LogP contribution in [0.5, 0.6) is 0 Å². The molecule has 3 nitrogen and oxygen atoms in total. The van der Waals surface area contributed by atoms with Crippen LogP contribution in [0.1, 0.15) is 31.7 Å². The molecular weight excluding hydrogens is 248 g/mol. The second-order valence-electron chi connectivity index (χ2n) is 4.93. The van der Waals surface area contributed by atoms with Gasteiger partial charge in [0.2, 0.25) is 0 Å². The number of amides is 2. The molecule has 1 N–H and O–H groups in total. The number of urea groups is 1. The lowest BCUT2D eigenvalue weighted by molar-refractivity contribution is 0.170. The van der Waals surface area contributed by atoms with Crippen LogP contribution in [-0.4, -0.2) is 23.5 Å². The fourth-order valence-corrected chi connectivity index (χ4v) is 2.49. The number of likely N-dealkylation sites (tertiary alicyclic amines) is 1. The zero-order chi connectivity index (χ0) is 13.1. The van der Waals surface area contributed by atoms with Gasteiger partial charge in [0.1, 0.15) is 0 Å². The summed E-state index contributed by atoms with van der Waals surface area (Å²) in [6, 6.07) is 5.84. The number of hydrogen-bond donors (Lipinski definition) is 1. The van der Waals surface area contributed by atoms with Gasteiger partial charge in [-0.25, -0.2) is 4.79 Å². The maximum atomic E-state index is 12.2. The molecule has 1 aliphatic rings. The van der Waals surface area contributed by atoms with Gasteiger partial charge in [-0.2, -0.15) is 0 Å². The zero-order valence-electron chi connectivity index (χ0n) is 10.9. The predicted octanol–water partition coefficient (Wildman–Crippen LogP) is 4.05. The molecule has 0 bridgehead atoms. The monoisotopic (exact) mass is 266 g/mol. The molecule has 2 amide bonds. The third-order valence-corrected chi connectivity index (χ3v) is 3.74. The van der Waals surface area contributed by atoms with Crippen molar-refractivity contribution >= 4 is 23.3 Å². The van der Waals surface area contributed by atoms with Gasteiger partial charge in [0.05, 0.1) is 0 Å². The summed E-state index contributed by atoms with van der Waals surface area (Å²) < 4.78 is 0. The second kappa shape index (κ2) is 5.61. The lowest BCUT2D eigenvalue weighted by Crippen LogP contribution is -2.44. The third-order valence-electron chi connectivity index (χ3n) is 3.51. The van der Waals surface area contributed by atoms with Crippen molar-refractivity contribution in [3.8, 4) is 0 Å². The molecule has 1 aromatic rings. The Balaban J connectivity index is 2.08. The van der Waals surface area contributed by atoms with Crippen LogP contribution in [0, 0.1) is 6.92 Å². The quantitative estimate of drug-likeness (QED) is 0.817. The van der Waals surface area contributed by atoms with Crippen molar-refractivity contribution < 1.29 is 4.79 Å². The molecule has 0 aliphatic carbocycles. The first-order valence-electron chi connectivity index (χ1n) is 6.41. The van der Waals surface area contributed by atoms with Crippen molar-refractivity contribution in [2.75, 3.05) is 11.9 Å². The molecule has 1 aliphatic heterocycles. The highest BCUT2D eigenvalue weighted by atomic mass is 35.5. The van der Waals surface area contributed by atoms with E-state index < -0.39 is 0 Å². The van der Waals surface area contributed by atoms with Crippen molar-refractivity contribution in [2.24, 2.45) is 0 Å². The van der Waals surface area contributed by atoms with Crippen molar-refractivity contribution in [1.82, 2.24) is 4.90 Å². The largest absolute Gasteiger partial charge is 0.322 e. The highest BCUT2D eigenvalue weighted by Crippen LogP contribution is 2.22. The number of aryl methyl sites for hydroxylation is 1. The minimum absolute atomic E-state index is 0.0208. The summed E-state index contributed by atoms with van der Waals surface area (Å²) in [7, 11) is 0. The Labute approximate surface area is 113 Å². The van der Waals surface area contributed by atoms with Crippen LogP contribution in [0.15, 0.2) is 18.2 Å². The summed E-state index contributed by atoms with van der Waals surface area (Å²) in [5.74, 6) is 0. The van der Waals surface area contributed by atoms with E-state index in [1.54, 1.807) is 6.07 Å². The molecule has 0 spiro atoms. The molecule has 1 saturated heterocycles. The Morgan fingerprint density at radius 3 is 2.94 bits per heavy atom. The highest BCUT2D eigenvalue weighted by molar-refractivity contribution is 6.31. The maximum Gasteiger partial charge on any atom is 0.322 e. The van der Waals surface area contributed by atoms with E-state index in [4.69, 9.17) is 11.6 Å². The lowest BCUT2D eigenvalue weighted by Gasteiger charge is -2.33. The van der Waals surface area contributed by atoms with Crippen molar-refractivity contribution in [2.45, 2.75) is 39.2 Å². The number of rotatable bonds is 1. The average molecular weight is 267 g/mol. The molecule has 18 heavy (non-hydrogen) atoms. The number of carbonyl (C=O) groups is 1. The molecule has 1 heterocycles. The van der Waals surface area contributed by atoms with E-state index in [0.717, 1.165) is 30.6 Å². The Morgan fingerprint density at radius 1 is 1.44 bits per heavy atom. The molecule has 4 heteroatoms. The van der Waals surface area contributed by atoms with Crippen LogP contribution in [0.4, 0.5) is 10.5 Å². The van der Waals surface area contributed by atoms with Gasteiger partial charge in [0, 0.05) is 23.3 Å². The van der Waals surface area contributed by atoms with E-state index in [1.807, 2.05) is 24.0 Å². The van der Waals surface area contributed by atoms with Crippen LogP contribution < -0.4 is 5.32 Å². The number of piperidine rings is 1. The summed E-state index contributed by atoms with van der Waals surface area (Å²) in [5.41, 5.74) is 1.82. The van der Waals surface area contributed by atoms with E-state index in [9.17, 15) is 4.79 Å². The minimum atomic E-state index is -0.0208. The van der Waals surface area contributed by atoms with Gasteiger partial charge in [-0.05, 0) is 50.8 Å². The van der Waals surface area contributed by atoms with E-state index in [2.05, 4.69) is 12.2 Å². The third kappa shape index (κ3) is 2.96. The molecule has 98 valence electrons. The van der Waals surface area contributed by atoms with E-state index in [1.165, 1.54) is 6.42 Å². The van der Waals surface area contributed by atoms with Gasteiger partial charge in [0.25, 0.3) is 0 Å². The Morgan fingerprint density at radius 2 is 2.22 bits per heavy atom. The summed E-state index contributed by atoms with van der Waals surface area (Å²) >= 11 is 5.95. The molecular formula is C14H19ClN2O. The van der Waals surface area contributed by atoms with Crippen LogP contribution in [0.25, 0.3) is 0 Å². The predicted molar refractivity (Wildman–Crippen MR) is 75.2 cm³/mol. The van der Waals surface area contributed by atoms with E-state index >= 15 is 0 Å². The molecule has 1 aromatic carbocycles. The molecule has 1 atom stereocenters. The number of nitrogens with one attached hydrogen (secondary N) is 1. The zero-order valence-corrected chi connectivity index (χ0v) is 11.6. The summed E-state index contributed by atoms with van der Waals surface area (Å²) in [6.45, 7) is 4.90. The number of hydrogen-bond acceptors (Lipinski definition) is 1. The average Bonchev–Trinajstić information content (AvgIpc) is 2.34. The first kappa shape index (κ1) is 13.2. The molecule has 0 saturated carbocycles. The van der Waals surface area contributed by atoms with Gasteiger partial charge in [0.15, 0.2) is 0 Å². The topological polar surface area (TPSA) is 32.3 Å². The number of anilines is 1. The summed E-state index contributed by atoms with van der Waals surface area (Å²) in [6.07, 6.45) is 3.38. The number of benzene rings is 1. The number of carbonyl (C=O) groups excluding carboxylic acids is 1. The van der Waals surface area contributed by atoms with Gasteiger partial charge >= 0.3 is 6.03 Å². The Hall–Kier alpha value is -1.22. The van der Waals surface area contributed by atoms with Crippen LogP contribution >= 0.6 is 11.6 Å². The SMILES string of the molecule is Cc1ccc(Cl)cc1NC(=O)N1CCCC[C@@H]1C. The van der Waals surface area contributed by atoms with Crippen LogP contribution in [0.2, 0.25) is 5.02 Å². The minimum Gasteiger partial charge on any atom is -0.322 e. The summed E-state index contributed by atoms with van der Waals surface area (Å²) in [5, 5.41) is 3.59. The normalized spacial score (nSPS) is 19.7.